The van der Waals surface area contributed by atoms with E-state index in [4.69, 9.17) is 11.6 Å². The first-order valence-electron chi connectivity index (χ1n) is 5.89. The minimum Gasteiger partial charge on any atom is -0.311 e. The third kappa shape index (κ3) is 3.28. The van der Waals surface area contributed by atoms with E-state index in [1.165, 1.54) is 5.56 Å². The summed E-state index contributed by atoms with van der Waals surface area (Å²) < 4.78 is 0. The van der Waals surface area contributed by atoms with Crippen LogP contribution in [0.25, 0.3) is 0 Å². The first-order chi connectivity index (χ1) is 8.69. The lowest BCUT2D eigenvalue weighted by molar-refractivity contribution is 0.572. The molecular formula is C14H16ClN3. The number of halogens is 1. The van der Waals surface area contributed by atoms with E-state index in [1.54, 1.807) is 6.20 Å². The standard InChI is InChI=1S/C14H16ClN3/c1-10-8-18-14(9-17-10)13(16-2)7-11-4-3-5-12(15)6-11/h3-6,8-9,13,16H,7H2,1-2H3. The highest BCUT2D eigenvalue weighted by molar-refractivity contribution is 6.30. The van der Waals surface area contributed by atoms with E-state index in [1.807, 2.05) is 38.4 Å². The molecule has 1 heterocycles. The van der Waals surface area contributed by atoms with E-state index in [9.17, 15) is 0 Å². The Kier molecular flexibility index (Phi) is 4.28. The summed E-state index contributed by atoms with van der Waals surface area (Å²) in [7, 11) is 1.93. The van der Waals surface area contributed by atoms with Gasteiger partial charge in [-0.15, -0.1) is 0 Å². The van der Waals surface area contributed by atoms with Crippen LogP contribution in [0.15, 0.2) is 36.7 Å². The molecule has 0 aliphatic heterocycles. The monoisotopic (exact) mass is 261 g/mol. The largest absolute Gasteiger partial charge is 0.311 e. The Morgan fingerprint density at radius 2 is 2.11 bits per heavy atom. The fourth-order valence-electron chi connectivity index (χ4n) is 1.84. The molecule has 0 spiro atoms. The topological polar surface area (TPSA) is 37.8 Å². The third-order valence-electron chi connectivity index (χ3n) is 2.84. The number of hydrogen-bond acceptors (Lipinski definition) is 3. The molecule has 0 bridgehead atoms. The van der Waals surface area contributed by atoms with Gasteiger partial charge < -0.3 is 5.32 Å². The van der Waals surface area contributed by atoms with Gasteiger partial charge in [-0.3, -0.25) is 9.97 Å². The quantitative estimate of drug-likeness (QED) is 0.920. The number of nitrogens with one attached hydrogen (secondary N) is 1. The number of rotatable bonds is 4. The van der Waals surface area contributed by atoms with Crippen LogP contribution in [0, 0.1) is 6.92 Å². The van der Waals surface area contributed by atoms with Gasteiger partial charge in [0.05, 0.1) is 23.6 Å². The first-order valence-corrected chi connectivity index (χ1v) is 6.27. The second-order valence-electron chi connectivity index (χ2n) is 4.26. The molecule has 1 unspecified atom stereocenters. The van der Waals surface area contributed by atoms with Gasteiger partial charge in [-0.2, -0.15) is 0 Å². The van der Waals surface area contributed by atoms with Crippen LogP contribution in [0.1, 0.15) is 23.0 Å². The van der Waals surface area contributed by atoms with Gasteiger partial charge in [0.15, 0.2) is 0 Å². The number of aromatic nitrogens is 2. The van der Waals surface area contributed by atoms with E-state index >= 15 is 0 Å². The number of hydrogen-bond donors (Lipinski definition) is 1. The van der Waals surface area contributed by atoms with Crippen molar-refractivity contribution in [2.75, 3.05) is 7.05 Å². The zero-order valence-corrected chi connectivity index (χ0v) is 11.3. The molecule has 0 saturated carbocycles. The van der Waals surface area contributed by atoms with Crippen molar-refractivity contribution in [3.05, 3.63) is 58.6 Å². The molecule has 1 N–H and O–H groups in total. The Hall–Kier alpha value is -1.45. The lowest BCUT2D eigenvalue weighted by Crippen LogP contribution is -2.20. The molecule has 1 aromatic heterocycles. The number of likely N-dealkylation sites (N-methyl/N-ethyl adjacent to an activating group) is 1. The summed E-state index contributed by atoms with van der Waals surface area (Å²) in [6.07, 6.45) is 4.45. The molecule has 1 aromatic carbocycles. The molecule has 4 heteroatoms. The average Bonchev–Trinajstić information content (AvgIpc) is 2.37. The number of aryl methyl sites for hydroxylation is 1. The second kappa shape index (κ2) is 5.94. The maximum atomic E-state index is 5.99. The van der Waals surface area contributed by atoms with Crippen LogP contribution in [0.5, 0.6) is 0 Å². The van der Waals surface area contributed by atoms with E-state index in [2.05, 4.69) is 21.4 Å². The fraction of sp³-hybridized carbons (Fsp3) is 0.286. The van der Waals surface area contributed by atoms with Crippen molar-refractivity contribution < 1.29 is 0 Å². The fourth-order valence-corrected chi connectivity index (χ4v) is 2.05. The van der Waals surface area contributed by atoms with Crippen LogP contribution in [0.4, 0.5) is 0 Å². The van der Waals surface area contributed by atoms with Gasteiger partial charge in [0.2, 0.25) is 0 Å². The Morgan fingerprint density at radius 3 is 2.72 bits per heavy atom. The summed E-state index contributed by atoms with van der Waals surface area (Å²) in [5.74, 6) is 0. The molecule has 3 nitrogen and oxygen atoms in total. The van der Waals surface area contributed by atoms with Gasteiger partial charge in [0, 0.05) is 11.2 Å². The SMILES string of the molecule is CNC(Cc1cccc(Cl)c1)c1cnc(C)cn1. The molecular weight excluding hydrogens is 246 g/mol. The highest BCUT2D eigenvalue weighted by atomic mass is 35.5. The van der Waals surface area contributed by atoms with E-state index in [-0.39, 0.29) is 6.04 Å². The van der Waals surface area contributed by atoms with Gasteiger partial charge in [0.25, 0.3) is 0 Å². The number of nitrogens with zero attached hydrogens (tertiary/aromatic N) is 2. The highest BCUT2D eigenvalue weighted by Crippen LogP contribution is 2.18. The Balaban J connectivity index is 2.17. The maximum absolute atomic E-state index is 5.99. The molecule has 0 radical (unpaired) electrons. The predicted molar refractivity (Wildman–Crippen MR) is 73.7 cm³/mol. The van der Waals surface area contributed by atoms with Crippen molar-refractivity contribution in [1.29, 1.82) is 0 Å². The smallest absolute Gasteiger partial charge is 0.0759 e. The lowest BCUT2D eigenvalue weighted by atomic mass is 10.0. The molecule has 0 fully saturated rings. The lowest BCUT2D eigenvalue weighted by Gasteiger charge is -2.15. The van der Waals surface area contributed by atoms with Crippen LogP contribution in [0.3, 0.4) is 0 Å². The zero-order valence-electron chi connectivity index (χ0n) is 10.5. The number of benzene rings is 1. The molecule has 2 aromatic rings. The Bertz CT molecular complexity index is 511. The molecule has 1 atom stereocenters. The summed E-state index contributed by atoms with van der Waals surface area (Å²) >= 11 is 5.99. The van der Waals surface area contributed by atoms with Crippen molar-refractivity contribution >= 4 is 11.6 Å². The molecule has 94 valence electrons. The second-order valence-corrected chi connectivity index (χ2v) is 4.69. The highest BCUT2D eigenvalue weighted by Gasteiger charge is 2.12. The van der Waals surface area contributed by atoms with Gasteiger partial charge in [0.1, 0.15) is 0 Å². The average molecular weight is 262 g/mol. The van der Waals surface area contributed by atoms with Crippen molar-refractivity contribution in [2.24, 2.45) is 0 Å². The Morgan fingerprint density at radius 1 is 1.28 bits per heavy atom. The Labute approximate surface area is 112 Å². The third-order valence-corrected chi connectivity index (χ3v) is 3.07. The van der Waals surface area contributed by atoms with Gasteiger partial charge in [-0.1, -0.05) is 23.7 Å². The summed E-state index contributed by atoms with van der Waals surface area (Å²) in [6, 6.07) is 8.04. The predicted octanol–water partition coefficient (Wildman–Crippen LogP) is 2.94. The normalized spacial score (nSPS) is 12.4. The van der Waals surface area contributed by atoms with Crippen LogP contribution >= 0.6 is 11.6 Å². The zero-order chi connectivity index (χ0) is 13.0. The molecule has 2 rings (SSSR count). The van der Waals surface area contributed by atoms with Crippen molar-refractivity contribution in [3.8, 4) is 0 Å². The minimum atomic E-state index is 0.150. The van der Waals surface area contributed by atoms with E-state index in [0.29, 0.717) is 0 Å². The summed E-state index contributed by atoms with van der Waals surface area (Å²) in [5.41, 5.74) is 3.06. The van der Waals surface area contributed by atoms with Crippen LogP contribution < -0.4 is 5.32 Å². The van der Waals surface area contributed by atoms with Crippen molar-refractivity contribution in [1.82, 2.24) is 15.3 Å². The van der Waals surface area contributed by atoms with Gasteiger partial charge >= 0.3 is 0 Å². The van der Waals surface area contributed by atoms with Gasteiger partial charge in [-0.05, 0) is 38.1 Å². The molecule has 0 amide bonds. The molecule has 0 saturated heterocycles. The molecule has 18 heavy (non-hydrogen) atoms. The van der Waals surface area contributed by atoms with Crippen molar-refractivity contribution in [3.63, 3.8) is 0 Å². The van der Waals surface area contributed by atoms with Crippen LogP contribution in [-0.4, -0.2) is 17.0 Å². The van der Waals surface area contributed by atoms with Crippen LogP contribution in [-0.2, 0) is 6.42 Å². The summed E-state index contributed by atoms with van der Waals surface area (Å²) in [4.78, 5) is 8.69. The maximum Gasteiger partial charge on any atom is 0.0759 e. The minimum absolute atomic E-state index is 0.150. The van der Waals surface area contributed by atoms with E-state index < -0.39 is 0 Å². The summed E-state index contributed by atoms with van der Waals surface area (Å²) in [6.45, 7) is 1.93. The molecule has 0 aliphatic rings. The first kappa shape index (κ1) is 13.0. The molecule has 0 aliphatic carbocycles. The van der Waals surface area contributed by atoms with E-state index in [0.717, 1.165) is 22.8 Å². The van der Waals surface area contributed by atoms with Gasteiger partial charge in [-0.25, -0.2) is 0 Å². The summed E-state index contributed by atoms with van der Waals surface area (Å²) in [5, 5.41) is 4.02. The van der Waals surface area contributed by atoms with Crippen molar-refractivity contribution in [2.45, 2.75) is 19.4 Å². The van der Waals surface area contributed by atoms with Crippen LogP contribution in [0.2, 0.25) is 5.02 Å².